The molecule has 0 aliphatic heterocycles. The molecule has 36 heavy (non-hydrogen) atoms. The number of nitriles is 1. The lowest BCUT2D eigenvalue weighted by atomic mass is 10.0. The molecular weight excluding hydrogens is 473 g/mol. The van der Waals surface area contributed by atoms with Gasteiger partial charge in [-0.05, 0) is 35.9 Å². The van der Waals surface area contributed by atoms with Gasteiger partial charge in [-0.3, -0.25) is 4.79 Å². The third-order valence-corrected chi connectivity index (χ3v) is 5.43. The zero-order valence-electron chi connectivity index (χ0n) is 19.5. The normalized spacial score (nSPS) is 11.0. The molecule has 3 aromatic carbocycles. The molecule has 0 spiro atoms. The second-order valence-corrected chi connectivity index (χ2v) is 7.74. The monoisotopic (exact) mass is 497 g/mol. The number of carbonyl (C=O) groups excluding carboxylic acids is 1. The number of rotatable bonds is 3. The number of hydrogen-bond acceptors (Lipinski definition) is 6. The van der Waals surface area contributed by atoms with E-state index in [1.54, 1.807) is 37.4 Å². The first kappa shape index (κ1) is 25.8. The fourth-order valence-corrected chi connectivity index (χ4v) is 3.57. The van der Waals surface area contributed by atoms with E-state index in [4.69, 9.17) is 11.0 Å². The fourth-order valence-electron chi connectivity index (χ4n) is 3.25. The minimum absolute atomic E-state index is 0.187. The fraction of sp³-hybridized carbons (Fsp3) is 0.0385. The van der Waals surface area contributed by atoms with Crippen LogP contribution < -0.4 is 16.5 Å². The van der Waals surface area contributed by atoms with Crippen molar-refractivity contribution in [3.8, 4) is 11.8 Å². The smallest absolute Gasteiger partial charge is 0.260 e. The molecule has 0 saturated carbocycles. The van der Waals surface area contributed by atoms with Crippen LogP contribution in [0.4, 0.5) is 11.4 Å². The van der Waals surface area contributed by atoms with Crippen molar-refractivity contribution in [2.45, 2.75) is 6.92 Å². The summed E-state index contributed by atoms with van der Waals surface area (Å²) in [6.07, 6.45) is 4.44. The Kier molecular flexibility index (Phi) is 8.65. The molecule has 0 radical (unpaired) electrons. The van der Waals surface area contributed by atoms with E-state index in [0.717, 1.165) is 5.39 Å². The van der Waals surface area contributed by atoms with Crippen LogP contribution in [0.3, 0.4) is 0 Å². The molecule has 180 valence electrons. The quantitative estimate of drug-likeness (QED) is 0.129. The van der Waals surface area contributed by atoms with Crippen LogP contribution >= 0.6 is 9.24 Å². The molecule has 1 unspecified atom stereocenters. The molecule has 0 aliphatic rings. The Morgan fingerprint density at radius 3 is 2.58 bits per heavy atom. The summed E-state index contributed by atoms with van der Waals surface area (Å²) in [4.78, 5) is 20.5. The predicted molar refractivity (Wildman–Crippen MR) is 148 cm³/mol. The summed E-state index contributed by atoms with van der Waals surface area (Å²) in [5, 5.41) is 27.2. The number of carbonyl (C=O) groups is 1. The number of aromatic hydroxyl groups is 1. The van der Waals surface area contributed by atoms with Gasteiger partial charge in [0, 0.05) is 18.1 Å². The summed E-state index contributed by atoms with van der Waals surface area (Å²) in [6, 6.07) is 20.1. The van der Waals surface area contributed by atoms with Gasteiger partial charge in [0.2, 0.25) is 0 Å². The Morgan fingerprint density at radius 1 is 1.25 bits per heavy atom. The summed E-state index contributed by atoms with van der Waals surface area (Å²) in [6.45, 7) is 5.26. The molecule has 0 bridgehead atoms. The highest BCUT2D eigenvalue weighted by atomic mass is 31.0. The Hall–Kier alpha value is -4.80. The number of phenols is 1. The van der Waals surface area contributed by atoms with Crippen LogP contribution in [0.1, 0.15) is 22.8 Å². The van der Waals surface area contributed by atoms with Gasteiger partial charge in [0.25, 0.3) is 11.9 Å². The molecule has 0 saturated heterocycles. The van der Waals surface area contributed by atoms with Crippen LogP contribution in [0.2, 0.25) is 0 Å². The Balaban J connectivity index is 0.000000214. The van der Waals surface area contributed by atoms with Crippen molar-refractivity contribution in [2.75, 3.05) is 11.1 Å². The van der Waals surface area contributed by atoms with Crippen molar-refractivity contribution in [3.05, 3.63) is 90.8 Å². The molecule has 4 rings (SSSR count). The van der Waals surface area contributed by atoms with Crippen LogP contribution in [0.25, 0.3) is 10.8 Å². The lowest BCUT2D eigenvalue weighted by molar-refractivity contribution is 0.102. The van der Waals surface area contributed by atoms with Gasteiger partial charge in [0.15, 0.2) is 5.75 Å². The second-order valence-electron chi connectivity index (χ2n) is 7.20. The van der Waals surface area contributed by atoms with Crippen molar-refractivity contribution in [2.24, 2.45) is 9.98 Å². The van der Waals surface area contributed by atoms with E-state index in [-0.39, 0.29) is 22.9 Å². The number of nitrogens with zero attached hydrogens (tertiary/aromatic N) is 5. The van der Waals surface area contributed by atoms with Gasteiger partial charge in [-0.1, -0.05) is 58.3 Å². The lowest BCUT2D eigenvalue weighted by Gasteiger charge is -2.12. The predicted octanol–water partition coefficient (Wildman–Crippen LogP) is 4.07. The Morgan fingerprint density at radius 2 is 1.94 bits per heavy atom. The van der Waals surface area contributed by atoms with Crippen molar-refractivity contribution in [3.63, 3.8) is 0 Å². The van der Waals surface area contributed by atoms with Gasteiger partial charge in [0.05, 0.1) is 28.4 Å². The Labute approximate surface area is 210 Å². The molecule has 0 aliphatic carbocycles. The first-order valence-corrected chi connectivity index (χ1v) is 11.3. The number of benzene rings is 3. The maximum absolute atomic E-state index is 12.5. The number of phenolic OH excluding ortho intramolecular Hbond substituents is 1. The number of aliphatic imine (C=N–C) groups is 2. The topological polar surface area (TPSA) is 142 Å². The molecular formula is C26H24N7O2P. The first-order chi connectivity index (χ1) is 17.4. The number of hydrogen-bond donors (Lipinski definition) is 3. The average molecular weight is 497 g/mol. The van der Waals surface area contributed by atoms with Crippen molar-refractivity contribution in [1.82, 2.24) is 9.78 Å². The number of nitrogen functional groups attached to an aromatic ring is 1. The minimum atomic E-state index is -0.387. The molecule has 1 amide bonds. The number of anilines is 2. The van der Waals surface area contributed by atoms with E-state index in [2.05, 4.69) is 36.2 Å². The number of para-hydroxylation sites is 1. The molecule has 0 fully saturated rings. The standard InChI is InChI=1S/C17H14N2O2.C9H10N5P/c18-14-10-11-6-4-5-9-13(11)15(16(14)20)17(21)19-12-7-2-1-3-8-12;1-3-11-9(12-4-2)14-8(15)7(5-10)6-13-14/h1-10,20H,18H2,(H,19,21);3-4,6H,1,15H2,2H3/b;11-9?,12-4-. The van der Waals surface area contributed by atoms with Gasteiger partial charge in [-0.25, -0.2) is 9.98 Å². The largest absolute Gasteiger partial charge is 0.505 e. The molecule has 4 N–H and O–H groups in total. The third-order valence-electron chi connectivity index (χ3n) is 4.88. The zero-order chi connectivity index (χ0) is 26.1. The molecule has 1 atom stereocenters. The third kappa shape index (κ3) is 5.81. The molecule has 9 nitrogen and oxygen atoms in total. The molecule has 10 heteroatoms. The van der Waals surface area contributed by atoms with Gasteiger partial charge >= 0.3 is 0 Å². The zero-order valence-corrected chi connectivity index (χ0v) is 20.6. The summed E-state index contributed by atoms with van der Waals surface area (Å²) >= 11 is 0. The van der Waals surface area contributed by atoms with Crippen LogP contribution in [0, 0.1) is 11.3 Å². The van der Waals surface area contributed by atoms with Gasteiger partial charge in [0.1, 0.15) is 6.07 Å². The van der Waals surface area contributed by atoms with Crippen LogP contribution in [-0.2, 0) is 0 Å². The molecule has 1 heterocycles. The summed E-state index contributed by atoms with van der Waals surface area (Å²) in [7, 11) is 2.43. The van der Waals surface area contributed by atoms with Crippen LogP contribution in [0.15, 0.2) is 89.6 Å². The van der Waals surface area contributed by atoms with Gasteiger partial charge < -0.3 is 16.2 Å². The summed E-state index contributed by atoms with van der Waals surface area (Å²) < 4.78 is 1.46. The van der Waals surface area contributed by atoms with Crippen LogP contribution in [0.5, 0.6) is 5.75 Å². The maximum atomic E-state index is 12.5. The SMILES string of the molecule is C=CN=C(/N=C\C)n1ncc(C#N)c1P.Nc1cc2ccccc2c(C(=O)Nc2ccccc2)c1O. The maximum Gasteiger partial charge on any atom is 0.260 e. The van der Waals surface area contributed by atoms with E-state index in [0.29, 0.717) is 28.0 Å². The van der Waals surface area contributed by atoms with E-state index in [1.165, 1.54) is 17.1 Å². The van der Waals surface area contributed by atoms with Gasteiger partial charge in [-0.2, -0.15) is 15.0 Å². The van der Waals surface area contributed by atoms with Crippen molar-refractivity contribution < 1.29 is 9.90 Å². The number of nitrogens with two attached hydrogens (primary N) is 1. The molecule has 4 aromatic rings. The summed E-state index contributed by atoms with van der Waals surface area (Å²) in [5.74, 6) is -0.205. The number of nitrogens with one attached hydrogen (secondary N) is 1. The Bertz CT molecular complexity index is 1500. The van der Waals surface area contributed by atoms with Crippen LogP contribution in [-0.4, -0.2) is 33.0 Å². The highest BCUT2D eigenvalue weighted by Gasteiger charge is 2.18. The van der Waals surface area contributed by atoms with E-state index < -0.39 is 0 Å². The van der Waals surface area contributed by atoms with E-state index in [1.807, 2.05) is 42.5 Å². The highest BCUT2D eigenvalue weighted by Crippen LogP contribution is 2.33. The number of amides is 1. The van der Waals surface area contributed by atoms with E-state index >= 15 is 0 Å². The average Bonchev–Trinajstić information content (AvgIpc) is 3.25. The first-order valence-electron chi connectivity index (χ1n) is 10.7. The van der Waals surface area contributed by atoms with Crippen molar-refractivity contribution in [1.29, 1.82) is 5.26 Å². The van der Waals surface area contributed by atoms with E-state index in [9.17, 15) is 9.90 Å². The lowest BCUT2D eigenvalue weighted by Crippen LogP contribution is -2.21. The second kappa shape index (κ2) is 12.1. The number of aromatic nitrogens is 2. The minimum Gasteiger partial charge on any atom is -0.505 e. The molecule has 1 aromatic heterocycles. The van der Waals surface area contributed by atoms with Crippen molar-refractivity contribution >= 4 is 54.9 Å². The highest BCUT2D eigenvalue weighted by molar-refractivity contribution is 7.27. The number of fused-ring (bicyclic) bond motifs is 1. The summed E-state index contributed by atoms with van der Waals surface area (Å²) in [5.41, 5.74) is 7.93. The van der Waals surface area contributed by atoms with Gasteiger partial charge in [-0.15, -0.1) is 0 Å².